The van der Waals surface area contributed by atoms with E-state index in [1.807, 2.05) is 19.1 Å². The van der Waals surface area contributed by atoms with Gasteiger partial charge in [0.15, 0.2) is 0 Å². The molecule has 0 aliphatic heterocycles. The molecule has 0 spiro atoms. The summed E-state index contributed by atoms with van der Waals surface area (Å²) in [6.07, 6.45) is 6.19. The van der Waals surface area contributed by atoms with Gasteiger partial charge in [-0.15, -0.1) is 0 Å². The van der Waals surface area contributed by atoms with E-state index in [9.17, 15) is 18.0 Å². The largest absolute Gasteiger partial charge is 0.497 e. The number of anilines is 1. The molecular weight excluding hydrogens is 506 g/mol. The Morgan fingerprint density at radius 2 is 1.74 bits per heavy atom. The van der Waals surface area contributed by atoms with Gasteiger partial charge in [0, 0.05) is 12.6 Å². The van der Waals surface area contributed by atoms with Gasteiger partial charge in [-0.05, 0) is 68.7 Å². The van der Waals surface area contributed by atoms with Gasteiger partial charge in [-0.3, -0.25) is 13.9 Å². The molecule has 1 aliphatic carbocycles. The monoisotopic (exact) mass is 545 g/mol. The van der Waals surface area contributed by atoms with Crippen LogP contribution in [0.5, 0.6) is 11.5 Å². The van der Waals surface area contributed by atoms with Crippen LogP contribution in [0, 0.1) is 0 Å². The van der Waals surface area contributed by atoms with Crippen molar-refractivity contribution in [3.8, 4) is 11.5 Å². The first-order chi connectivity index (χ1) is 18.1. The first kappa shape index (κ1) is 29.3. The van der Waals surface area contributed by atoms with Crippen LogP contribution in [0.4, 0.5) is 5.69 Å². The van der Waals surface area contributed by atoms with Crippen LogP contribution in [0.25, 0.3) is 0 Å². The van der Waals surface area contributed by atoms with Crippen LogP contribution in [0.15, 0.2) is 48.5 Å². The Balaban J connectivity index is 1.87. The predicted molar refractivity (Wildman–Crippen MR) is 148 cm³/mol. The molecule has 1 saturated carbocycles. The lowest BCUT2D eigenvalue weighted by atomic mass is 9.95. The number of nitrogens with zero attached hydrogens (tertiary/aromatic N) is 2. The second kappa shape index (κ2) is 13.5. The molecule has 1 aliphatic rings. The van der Waals surface area contributed by atoms with Crippen molar-refractivity contribution < 1.29 is 27.5 Å². The topological polar surface area (TPSA) is 105 Å². The molecule has 1 atom stereocenters. The summed E-state index contributed by atoms with van der Waals surface area (Å²) in [6.45, 7) is 3.69. The molecule has 2 amide bonds. The van der Waals surface area contributed by atoms with E-state index in [2.05, 4.69) is 5.32 Å². The van der Waals surface area contributed by atoms with Gasteiger partial charge >= 0.3 is 0 Å². The zero-order chi connectivity index (χ0) is 27.7. The number of hydrogen-bond acceptors (Lipinski definition) is 6. The van der Waals surface area contributed by atoms with E-state index in [4.69, 9.17) is 9.47 Å². The third-order valence-electron chi connectivity index (χ3n) is 6.72. The van der Waals surface area contributed by atoms with Gasteiger partial charge in [0.1, 0.15) is 24.1 Å². The molecule has 38 heavy (non-hydrogen) atoms. The molecule has 0 heterocycles. The minimum Gasteiger partial charge on any atom is -0.497 e. The number of methoxy groups -OCH3 is 1. The number of nitrogens with one attached hydrogen (secondary N) is 1. The molecule has 208 valence electrons. The number of amides is 2. The Kier molecular flexibility index (Phi) is 10.4. The minimum absolute atomic E-state index is 0.0869. The molecular formula is C28H39N3O6S. The number of rotatable bonds is 12. The third kappa shape index (κ3) is 8.11. The maximum atomic E-state index is 13.7. The van der Waals surface area contributed by atoms with Crippen molar-refractivity contribution in [2.45, 2.75) is 64.6 Å². The van der Waals surface area contributed by atoms with Gasteiger partial charge in [-0.1, -0.05) is 31.4 Å². The van der Waals surface area contributed by atoms with Crippen molar-refractivity contribution in [1.29, 1.82) is 0 Å². The fourth-order valence-corrected chi connectivity index (χ4v) is 5.46. The van der Waals surface area contributed by atoms with Crippen molar-refractivity contribution in [3.63, 3.8) is 0 Å². The zero-order valence-electron chi connectivity index (χ0n) is 22.7. The highest BCUT2D eigenvalue weighted by Crippen LogP contribution is 2.23. The van der Waals surface area contributed by atoms with Crippen LogP contribution in [0.1, 0.15) is 51.5 Å². The number of benzene rings is 2. The molecule has 2 aromatic rings. The Hall–Kier alpha value is -3.27. The number of sulfonamides is 1. The van der Waals surface area contributed by atoms with E-state index in [-0.39, 0.29) is 18.5 Å². The van der Waals surface area contributed by atoms with E-state index in [1.165, 1.54) is 4.90 Å². The quantitative estimate of drug-likeness (QED) is 0.436. The van der Waals surface area contributed by atoms with Gasteiger partial charge in [0.25, 0.3) is 0 Å². The minimum atomic E-state index is -3.80. The van der Waals surface area contributed by atoms with E-state index < -0.39 is 28.5 Å². The Morgan fingerprint density at radius 3 is 2.34 bits per heavy atom. The maximum absolute atomic E-state index is 13.7. The summed E-state index contributed by atoms with van der Waals surface area (Å²) in [5.41, 5.74) is 1.10. The van der Waals surface area contributed by atoms with Crippen LogP contribution in [-0.2, 0) is 26.2 Å². The van der Waals surface area contributed by atoms with E-state index in [0.29, 0.717) is 23.8 Å². The highest BCUT2D eigenvalue weighted by Gasteiger charge is 2.31. The fourth-order valence-electron chi connectivity index (χ4n) is 4.61. The number of carbonyl (C=O) groups is 2. The molecule has 2 aromatic carbocycles. The zero-order valence-corrected chi connectivity index (χ0v) is 23.5. The van der Waals surface area contributed by atoms with Gasteiger partial charge in [-0.2, -0.15) is 0 Å². The summed E-state index contributed by atoms with van der Waals surface area (Å²) in [7, 11) is -2.24. The molecule has 0 radical (unpaired) electrons. The summed E-state index contributed by atoms with van der Waals surface area (Å²) in [6, 6.07) is 13.1. The Labute approximate surface area is 226 Å². The van der Waals surface area contributed by atoms with E-state index in [1.54, 1.807) is 50.4 Å². The molecule has 0 bridgehead atoms. The van der Waals surface area contributed by atoms with Crippen LogP contribution >= 0.6 is 0 Å². The van der Waals surface area contributed by atoms with Crippen LogP contribution < -0.4 is 19.1 Å². The molecule has 10 heteroatoms. The lowest BCUT2D eigenvalue weighted by Crippen LogP contribution is -2.52. The highest BCUT2D eigenvalue weighted by molar-refractivity contribution is 7.92. The van der Waals surface area contributed by atoms with Gasteiger partial charge in [-0.25, -0.2) is 8.42 Å². The van der Waals surface area contributed by atoms with Gasteiger partial charge in [0.05, 0.1) is 25.7 Å². The number of ether oxygens (including phenoxy) is 2. The maximum Gasteiger partial charge on any atom is 0.244 e. The van der Waals surface area contributed by atoms with Crippen LogP contribution in [0.3, 0.4) is 0 Å². The SMILES string of the molecule is CCOc1ccc(N(CC(=O)N(Cc2cccc(OC)c2)[C@@H](C)C(=O)NC2CCCCC2)S(C)(=O)=O)cc1. The third-order valence-corrected chi connectivity index (χ3v) is 7.86. The molecule has 3 rings (SSSR count). The number of hydrogen-bond donors (Lipinski definition) is 1. The number of carbonyl (C=O) groups excluding carboxylic acids is 2. The predicted octanol–water partition coefficient (Wildman–Crippen LogP) is 3.73. The Bertz CT molecular complexity index is 1180. The summed E-state index contributed by atoms with van der Waals surface area (Å²) >= 11 is 0. The summed E-state index contributed by atoms with van der Waals surface area (Å²) < 4.78 is 37.3. The molecule has 1 fully saturated rings. The summed E-state index contributed by atoms with van der Waals surface area (Å²) in [5.74, 6) is 0.489. The average molecular weight is 546 g/mol. The van der Waals surface area contributed by atoms with E-state index in [0.717, 1.165) is 48.2 Å². The Morgan fingerprint density at radius 1 is 1.05 bits per heavy atom. The van der Waals surface area contributed by atoms with Crippen molar-refractivity contribution in [2.24, 2.45) is 0 Å². The van der Waals surface area contributed by atoms with Gasteiger partial charge < -0.3 is 19.7 Å². The van der Waals surface area contributed by atoms with Crippen molar-refractivity contribution >= 4 is 27.5 Å². The first-order valence-corrected chi connectivity index (χ1v) is 14.9. The van der Waals surface area contributed by atoms with E-state index >= 15 is 0 Å². The first-order valence-electron chi connectivity index (χ1n) is 13.1. The average Bonchev–Trinajstić information content (AvgIpc) is 2.90. The summed E-state index contributed by atoms with van der Waals surface area (Å²) in [5, 5.41) is 3.09. The molecule has 0 aromatic heterocycles. The molecule has 0 unspecified atom stereocenters. The smallest absolute Gasteiger partial charge is 0.244 e. The van der Waals surface area contributed by atoms with Crippen LogP contribution in [0.2, 0.25) is 0 Å². The molecule has 0 saturated heterocycles. The van der Waals surface area contributed by atoms with Crippen molar-refractivity contribution in [1.82, 2.24) is 10.2 Å². The fraction of sp³-hybridized carbons (Fsp3) is 0.500. The lowest BCUT2D eigenvalue weighted by Gasteiger charge is -2.33. The second-order valence-corrected chi connectivity index (χ2v) is 11.5. The second-order valence-electron chi connectivity index (χ2n) is 9.59. The van der Waals surface area contributed by atoms with Crippen molar-refractivity contribution in [2.75, 3.05) is 30.8 Å². The standard InChI is InChI=1S/C28H39N3O6S/c1-5-37-25-16-14-24(15-17-25)31(38(4,34)35)20-27(32)30(19-22-10-9-13-26(18-22)36-3)21(2)28(33)29-23-11-7-6-8-12-23/h9-10,13-18,21,23H,5-8,11-12,19-20H2,1-4H3,(H,29,33)/t21-/m0/s1. The highest BCUT2D eigenvalue weighted by atomic mass is 32.2. The summed E-state index contributed by atoms with van der Waals surface area (Å²) in [4.78, 5) is 28.4. The molecule has 1 N–H and O–H groups in total. The van der Waals surface area contributed by atoms with Gasteiger partial charge in [0.2, 0.25) is 21.8 Å². The lowest BCUT2D eigenvalue weighted by molar-refractivity contribution is -0.139. The van der Waals surface area contributed by atoms with Crippen molar-refractivity contribution in [3.05, 3.63) is 54.1 Å². The molecule has 9 nitrogen and oxygen atoms in total. The normalized spacial score (nSPS) is 14.8. The van der Waals surface area contributed by atoms with Crippen LogP contribution in [-0.4, -0.2) is 63.7 Å².